The summed E-state index contributed by atoms with van der Waals surface area (Å²) in [5, 5.41) is 8.96. The number of nitrogens with zero attached hydrogens (tertiary/aromatic N) is 5. The van der Waals surface area contributed by atoms with Crippen molar-refractivity contribution in [3.8, 4) is 11.9 Å². The minimum absolute atomic E-state index is 0.0309. The number of imidazole rings is 1. The molecule has 4 heterocycles. The van der Waals surface area contributed by atoms with Crippen molar-refractivity contribution >= 4 is 16.8 Å². The average Bonchev–Trinajstić information content (AvgIpc) is 3.49. The highest BCUT2D eigenvalue weighted by Crippen LogP contribution is 2.35. The van der Waals surface area contributed by atoms with Crippen LogP contribution in [0.25, 0.3) is 11.0 Å². The number of ketones is 1. The van der Waals surface area contributed by atoms with Gasteiger partial charge < -0.3 is 14.0 Å². The average molecular weight is 554 g/mol. The maximum atomic E-state index is 14.3. The molecule has 210 valence electrons. The fourth-order valence-electron chi connectivity index (χ4n) is 5.67. The highest BCUT2D eigenvalue weighted by atomic mass is 19.1. The smallest absolute Gasteiger partial charge is 0.213 e. The Morgan fingerprint density at radius 1 is 1.22 bits per heavy atom. The molecule has 2 aromatic carbocycles. The third kappa shape index (κ3) is 5.58. The summed E-state index contributed by atoms with van der Waals surface area (Å²) in [5.74, 6) is 0.979. The van der Waals surface area contributed by atoms with Crippen molar-refractivity contribution in [3.63, 3.8) is 0 Å². The Hall–Kier alpha value is -4.13. The minimum atomic E-state index is -0.467. The highest BCUT2D eigenvalue weighted by Gasteiger charge is 2.37. The fraction of sp³-hybridized carbons (Fsp3) is 0.375. The first-order valence-electron chi connectivity index (χ1n) is 13.9. The topological polar surface area (TPSA) is 93.3 Å². The summed E-state index contributed by atoms with van der Waals surface area (Å²) < 4.78 is 28.1. The lowest BCUT2D eigenvalue weighted by Crippen LogP contribution is -2.33. The first kappa shape index (κ1) is 27.1. The molecule has 0 radical (unpaired) electrons. The summed E-state index contributed by atoms with van der Waals surface area (Å²) in [4.78, 5) is 24.2. The van der Waals surface area contributed by atoms with Gasteiger partial charge in [0.05, 0.1) is 47.6 Å². The Labute approximate surface area is 238 Å². The van der Waals surface area contributed by atoms with Gasteiger partial charge in [-0.25, -0.2) is 14.4 Å². The van der Waals surface area contributed by atoms with Crippen molar-refractivity contribution in [2.24, 2.45) is 0 Å². The molecule has 9 heteroatoms. The molecule has 2 saturated heterocycles. The number of ether oxygens (including phenoxy) is 2. The number of Topliss-reactive ketones (excluding diaryl/α,β-unsaturated/α-hetero) is 1. The van der Waals surface area contributed by atoms with E-state index in [4.69, 9.17) is 24.7 Å². The number of benzene rings is 2. The number of rotatable bonds is 9. The molecule has 0 bridgehead atoms. The number of carbonyl (C=O) groups excluding carboxylic acids is 1. The number of nitriles is 1. The van der Waals surface area contributed by atoms with Crippen LogP contribution in [0.15, 0.2) is 54.6 Å². The van der Waals surface area contributed by atoms with Gasteiger partial charge in [0.2, 0.25) is 5.88 Å². The SMILES string of the molecule is CC(=O)c1ccc2nc(CN3CCC(C)(c4cccc(OCc5ccc(C#N)cc5F)n4)C3)n(C[C@@H]3CCO3)c2c1. The number of hydrogen-bond donors (Lipinski definition) is 0. The van der Waals surface area contributed by atoms with Crippen molar-refractivity contribution in [1.82, 2.24) is 19.4 Å². The molecule has 41 heavy (non-hydrogen) atoms. The molecule has 4 aromatic rings. The van der Waals surface area contributed by atoms with Gasteiger partial charge >= 0.3 is 0 Å². The maximum absolute atomic E-state index is 14.3. The van der Waals surface area contributed by atoms with E-state index in [1.807, 2.05) is 36.4 Å². The zero-order chi connectivity index (χ0) is 28.6. The second-order valence-electron chi connectivity index (χ2n) is 11.3. The summed E-state index contributed by atoms with van der Waals surface area (Å²) >= 11 is 0. The van der Waals surface area contributed by atoms with Crippen molar-refractivity contribution in [1.29, 1.82) is 5.26 Å². The maximum Gasteiger partial charge on any atom is 0.213 e. The molecule has 2 fully saturated rings. The first-order chi connectivity index (χ1) is 19.8. The molecular formula is C32H32FN5O3. The number of halogens is 1. The van der Waals surface area contributed by atoms with Crippen LogP contribution in [-0.4, -0.2) is 51.0 Å². The van der Waals surface area contributed by atoms with E-state index in [0.29, 0.717) is 23.6 Å². The predicted octanol–water partition coefficient (Wildman–Crippen LogP) is 5.18. The van der Waals surface area contributed by atoms with Gasteiger partial charge in [0.25, 0.3) is 0 Å². The van der Waals surface area contributed by atoms with E-state index < -0.39 is 5.82 Å². The second-order valence-corrected chi connectivity index (χ2v) is 11.3. The van der Waals surface area contributed by atoms with E-state index >= 15 is 0 Å². The molecule has 2 aromatic heterocycles. The fourth-order valence-corrected chi connectivity index (χ4v) is 5.67. The number of pyridine rings is 1. The summed E-state index contributed by atoms with van der Waals surface area (Å²) in [7, 11) is 0. The van der Waals surface area contributed by atoms with E-state index in [-0.39, 0.29) is 29.5 Å². The number of hydrogen-bond acceptors (Lipinski definition) is 7. The minimum Gasteiger partial charge on any atom is -0.473 e. The van der Waals surface area contributed by atoms with Crippen molar-refractivity contribution in [3.05, 3.63) is 88.6 Å². The zero-order valence-corrected chi connectivity index (χ0v) is 23.3. The Balaban J connectivity index is 1.18. The molecule has 0 spiro atoms. The third-order valence-corrected chi connectivity index (χ3v) is 8.23. The molecule has 6 rings (SSSR count). The summed E-state index contributed by atoms with van der Waals surface area (Å²) in [5.41, 5.74) is 3.93. The largest absolute Gasteiger partial charge is 0.473 e. The van der Waals surface area contributed by atoms with Gasteiger partial charge in [-0.15, -0.1) is 0 Å². The Kier molecular flexibility index (Phi) is 7.28. The van der Waals surface area contributed by atoms with Crippen LogP contribution < -0.4 is 4.74 Å². The quantitative estimate of drug-likeness (QED) is 0.264. The zero-order valence-electron chi connectivity index (χ0n) is 23.3. The van der Waals surface area contributed by atoms with E-state index in [9.17, 15) is 9.18 Å². The van der Waals surface area contributed by atoms with Crippen LogP contribution >= 0.6 is 0 Å². The van der Waals surface area contributed by atoms with E-state index in [0.717, 1.165) is 61.6 Å². The number of fused-ring (bicyclic) bond motifs is 1. The molecule has 2 aliphatic heterocycles. The van der Waals surface area contributed by atoms with Crippen molar-refractivity contribution in [2.45, 2.75) is 57.9 Å². The van der Waals surface area contributed by atoms with Crippen molar-refractivity contribution in [2.75, 3.05) is 19.7 Å². The Bertz CT molecular complexity index is 1660. The van der Waals surface area contributed by atoms with Gasteiger partial charge in [-0.05, 0) is 62.7 Å². The normalized spacial score (nSPS) is 20.6. The predicted molar refractivity (Wildman–Crippen MR) is 151 cm³/mol. The van der Waals surface area contributed by atoms with E-state index in [2.05, 4.69) is 16.4 Å². The van der Waals surface area contributed by atoms with Gasteiger partial charge in [0.15, 0.2) is 5.78 Å². The molecular weight excluding hydrogens is 521 g/mol. The summed E-state index contributed by atoms with van der Waals surface area (Å²) in [6.45, 7) is 7.71. The molecule has 8 nitrogen and oxygen atoms in total. The standard InChI is InChI=1S/C32H32FN5O3/c1-21(39)23-8-9-27-28(15-23)38(17-25-10-13-40-25)30(35-27)18-37-12-11-32(2,20-37)29-4-3-5-31(36-29)41-19-24-7-6-22(16-34)14-26(24)33/h3-9,14-15,25H,10-13,17-20H2,1-2H3/t25-,32?/m0/s1. The van der Waals surface area contributed by atoms with Gasteiger partial charge in [0.1, 0.15) is 18.2 Å². The summed E-state index contributed by atoms with van der Waals surface area (Å²) in [6.07, 6.45) is 2.12. The highest BCUT2D eigenvalue weighted by molar-refractivity contribution is 5.97. The number of likely N-dealkylation sites (tertiary alicyclic amines) is 1. The van der Waals surface area contributed by atoms with Crippen LogP contribution in [0.5, 0.6) is 5.88 Å². The molecule has 0 saturated carbocycles. The van der Waals surface area contributed by atoms with Gasteiger partial charge in [-0.3, -0.25) is 9.69 Å². The molecule has 0 amide bonds. The lowest BCUT2D eigenvalue weighted by molar-refractivity contribution is -0.0591. The monoisotopic (exact) mass is 553 g/mol. The Morgan fingerprint density at radius 2 is 2.07 bits per heavy atom. The molecule has 2 aliphatic rings. The van der Waals surface area contributed by atoms with E-state index in [1.54, 1.807) is 25.1 Å². The molecule has 1 unspecified atom stereocenters. The van der Waals surface area contributed by atoms with Crippen LogP contribution in [0.2, 0.25) is 0 Å². The van der Waals surface area contributed by atoms with Crippen LogP contribution in [0.3, 0.4) is 0 Å². The number of aromatic nitrogens is 3. The first-order valence-corrected chi connectivity index (χ1v) is 13.9. The Morgan fingerprint density at radius 3 is 2.80 bits per heavy atom. The van der Waals surface area contributed by atoms with Crippen molar-refractivity contribution < 1.29 is 18.7 Å². The number of carbonyl (C=O) groups is 1. The molecule has 0 aliphatic carbocycles. The lowest BCUT2D eigenvalue weighted by atomic mass is 9.85. The van der Waals surface area contributed by atoms with E-state index in [1.165, 1.54) is 6.07 Å². The molecule has 0 N–H and O–H groups in total. The van der Waals surface area contributed by atoms with Gasteiger partial charge in [-0.1, -0.05) is 19.1 Å². The summed E-state index contributed by atoms with van der Waals surface area (Å²) in [6, 6.07) is 17.7. The van der Waals surface area contributed by atoms with Crippen LogP contribution in [0, 0.1) is 17.1 Å². The third-order valence-electron chi connectivity index (χ3n) is 8.23. The van der Waals surface area contributed by atoms with Gasteiger partial charge in [0, 0.05) is 35.8 Å². The molecule has 2 atom stereocenters. The van der Waals surface area contributed by atoms with Crippen LogP contribution in [-0.2, 0) is 29.8 Å². The van der Waals surface area contributed by atoms with Gasteiger partial charge in [-0.2, -0.15) is 5.26 Å². The lowest BCUT2D eigenvalue weighted by Gasteiger charge is -2.28. The van der Waals surface area contributed by atoms with Crippen LogP contribution in [0.1, 0.15) is 59.7 Å². The van der Waals surface area contributed by atoms with Crippen LogP contribution in [0.4, 0.5) is 4.39 Å². The second kappa shape index (κ2) is 11.0.